The summed E-state index contributed by atoms with van der Waals surface area (Å²) < 4.78 is 44.6. The number of rotatable bonds is 5. The maximum Gasteiger partial charge on any atom is 0.573 e. The van der Waals surface area contributed by atoms with Crippen LogP contribution in [0.2, 0.25) is 0 Å². The number of piperidine rings is 1. The normalized spacial score (nSPS) is 17.8. The van der Waals surface area contributed by atoms with Crippen molar-refractivity contribution < 1.29 is 27.5 Å². The SMILES string of the molecule is Cn1cnc2ccc(C(=O)N3CC[C@@H](NC(=O)c4ccccc4OC(F)(F)F)[C@@H](c4ccccc4)C3)cc21. The molecule has 38 heavy (non-hydrogen) atoms. The quantitative estimate of drug-likeness (QED) is 0.405. The van der Waals surface area contributed by atoms with Gasteiger partial charge in [0.1, 0.15) is 5.75 Å². The maximum atomic E-state index is 13.5. The van der Waals surface area contributed by atoms with Crippen LogP contribution in [0.25, 0.3) is 11.0 Å². The zero-order valence-corrected chi connectivity index (χ0v) is 20.5. The van der Waals surface area contributed by atoms with Crippen molar-refractivity contribution in [3.05, 3.63) is 95.8 Å². The second-order valence-electron chi connectivity index (χ2n) is 9.24. The molecule has 7 nitrogen and oxygen atoms in total. The highest BCUT2D eigenvalue weighted by Gasteiger charge is 2.36. The summed E-state index contributed by atoms with van der Waals surface area (Å²) in [6, 6.07) is 19.7. The summed E-state index contributed by atoms with van der Waals surface area (Å²) in [5.74, 6) is -1.64. The lowest BCUT2D eigenvalue weighted by Crippen LogP contribution is -2.51. The van der Waals surface area contributed by atoms with Crippen LogP contribution in [-0.4, -0.2) is 51.8 Å². The molecule has 1 aromatic heterocycles. The number of benzene rings is 3. The van der Waals surface area contributed by atoms with E-state index in [0.717, 1.165) is 22.7 Å². The number of carbonyl (C=O) groups is 2. The highest BCUT2D eigenvalue weighted by Crippen LogP contribution is 2.31. The van der Waals surface area contributed by atoms with Gasteiger partial charge in [0.2, 0.25) is 0 Å². The summed E-state index contributed by atoms with van der Waals surface area (Å²) in [6.45, 7) is 0.704. The molecular formula is C28H25F3N4O3. The zero-order chi connectivity index (χ0) is 26.9. The lowest BCUT2D eigenvalue weighted by atomic mass is 9.85. The van der Waals surface area contributed by atoms with Crippen molar-refractivity contribution in [1.29, 1.82) is 0 Å². The molecule has 4 aromatic rings. The van der Waals surface area contributed by atoms with Crippen LogP contribution in [0.1, 0.15) is 38.6 Å². The van der Waals surface area contributed by atoms with E-state index in [4.69, 9.17) is 0 Å². The van der Waals surface area contributed by atoms with Gasteiger partial charge in [-0.3, -0.25) is 9.59 Å². The molecule has 1 aliphatic heterocycles. The third kappa shape index (κ3) is 5.34. The summed E-state index contributed by atoms with van der Waals surface area (Å²) in [5.41, 5.74) is 2.88. The fourth-order valence-corrected chi connectivity index (χ4v) is 4.90. The number of alkyl halides is 3. The standard InChI is InChI=1S/C28H25F3N4O3/c1-34-17-32-23-12-11-19(15-24(23)34)27(37)35-14-13-22(21(16-35)18-7-3-2-4-8-18)33-26(36)20-9-5-6-10-25(20)38-28(29,30)31/h2-12,15,17,21-22H,13-14,16H2,1H3,(H,33,36)/t21-,22-/m1/s1. The number of nitrogens with zero attached hydrogens (tertiary/aromatic N) is 3. The van der Waals surface area contributed by atoms with Crippen molar-refractivity contribution in [3.8, 4) is 5.75 Å². The molecule has 0 unspecified atom stereocenters. The number of amides is 2. The number of imidazole rings is 1. The molecule has 1 fully saturated rings. The lowest BCUT2D eigenvalue weighted by molar-refractivity contribution is -0.274. The molecule has 0 radical (unpaired) electrons. The van der Waals surface area contributed by atoms with E-state index in [0.29, 0.717) is 25.1 Å². The number of aryl methyl sites for hydroxylation is 1. The predicted molar refractivity (Wildman–Crippen MR) is 135 cm³/mol. The minimum atomic E-state index is -4.92. The Labute approximate surface area is 216 Å². The van der Waals surface area contributed by atoms with E-state index in [2.05, 4.69) is 15.0 Å². The van der Waals surface area contributed by atoms with E-state index in [1.165, 1.54) is 18.2 Å². The number of likely N-dealkylation sites (tertiary alicyclic amines) is 1. The number of aromatic nitrogens is 2. The minimum Gasteiger partial charge on any atom is -0.405 e. The first-order valence-electron chi connectivity index (χ1n) is 12.1. The van der Waals surface area contributed by atoms with Crippen LogP contribution in [0.15, 0.2) is 79.1 Å². The van der Waals surface area contributed by atoms with Gasteiger partial charge in [-0.25, -0.2) is 4.98 Å². The van der Waals surface area contributed by atoms with Crippen LogP contribution in [0.3, 0.4) is 0 Å². The molecule has 2 heterocycles. The summed E-state index contributed by atoms with van der Waals surface area (Å²) in [4.78, 5) is 32.6. The van der Waals surface area contributed by atoms with Gasteiger partial charge in [-0.05, 0) is 42.3 Å². The Morgan fingerprint density at radius 3 is 2.53 bits per heavy atom. The van der Waals surface area contributed by atoms with E-state index in [9.17, 15) is 22.8 Å². The van der Waals surface area contributed by atoms with E-state index in [1.54, 1.807) is 17.3 Å². The Morgan fingerprint density at radius 2 is 1.76 bits per heavy atom. The van der Waals surface area contributed by atoms with Crippen LogP contribution in [0.5, 0.6) is 5.75 Å². The summed E-state index contributed by atoms with van der Waals surface area (Å²) in [7, 11) is 1.86. The third-order valence-electron chi connectivity index (χ3n) is 6.77. The molecular weight excluding hydrogens is 497 g/mol. The highest BCUT2D eigenvalue weighted by atomic mass is 19.4. The first-order chi connectivity index (χ1) is 18.2. The molecule has 3 aromatic carbocycles. The maximum absolute atomic E-state index is 13.5. The molecule has 2 atom stereocenters. The van der Waals surface area contributed by atoms with E-state index in [-0.39, 0.29) is 17.4 Å². The van der Waals surface area contributed by atoms with Crippen LogP contribution in [0.4, 0.5) is 13.2 Å². The van der Waals surface area contributed by atoms with Crippen molar-refractivity contribution in [1.82, 2.24) is 19.8 Å². The fraction of sp³-hybridized carbons (Fsp3) is 0.250. The molecule has 1 aliphatic rings. The lowest BCUT2D eigenvalue weighted by Gasteiger charge is -2.39. The molecule has 0 bridgehead atoms. The highest BCUT2D eigenvalue weighted by molar-refractivity contribution is 5.98. The van der Waals surface area contributed by atoms with E-state index in [1.807, 2.05) is 54.1 Å². The Balaban J connectivity index is 1.38. The molecule has 1 N–H and O–H groups in total. The first-order valence-corrected chi connectivity index (χ1v) is 12.1. The molecule has 196 valence electrons. The number of hydrogen-bond acceptors (Lipinski definition) is 4. The molecule has 0 spiro atoms. The van der Waals surface area contributed by atoms with Gasteiger partial charge < -0.3 is 19.5 Å². The topological polar surface area (TPSA) is 76.5 Å². The fourth-order valence-electron chi connectivity index (χ4n) is 4.90. The van der Waals surface area contributed by atoms with Gasteiger partial charge in [-0.15, -0.1) is 13.2 Å². The second-order valence-corrected chi connectivity index (χ2v) is 9.24. The van der Waals surface area contributed by atoms with Crippen molar-refractivity contribution >= 4 is 22.8 Å². The number of nitrogens with one attached hydrogen (secondary N) is 1. The minimum absolute atomic E-state index is 0.136. The Hall–Kier alpha value is -4.34. The van der Waals surface area contributed by atoms with Gasteiger partial charge in [0, 0.05) is 37.7 Å². The zero-order valence-electron chi connectivity index (χ0n) is 20.5. The van der Waals surface area contributed by atoms with Gasteiger partial charge in [-0.2, -0.15) is 0 Å². The number of halogens is 3. The summed E-state index contributed by atoms with van der Waals surface area (Å²) in [5, 5.41) is 2.90. The third-order valence-corrected chi connectivity index (χ3v) is 6.77. The largest absolute Gasteiger partial charge is 0.573 e. The molecule has 5 rings (SSSR count). The molecule has 0 saturated carbocycles. The number of carbonyl (C=O) groups excluding carboxylic acids is 2. The van der Waals surface area contributed by atoms with Gasteiger partial charge >= 0.3 is 6.36 Å². The number of ether oxygens (including phenoxy) is 1. The van der Waals surface area contributed by atoms with Crippen molar-refractivity contribution in [3.63, 3.8) is 0 Å². The van der Waals surface area contributed by atoms with Crippen LogP contribution >= 0.6 is 0 Å². The van der Waals surface area contributed by atoms with Gasteiger partial charge in [0.25, 0.3) is 11.8 Å². The van der Waals surface area contributed by atoms with E-state index >= 15 is 0 Å². The summed E-state index contributed by atoms with van der Waals surface area (Å²) >= 11 is 0. The predicted octanol–water partition coefficient (Wildman–Crippen LogP) is 4.90. The van der Waals surface area contributed by atoms with E-state index < -0.39 is 24.1 Å². The monoisotopic (exact) mass is 522 g/mol. The van der Waals surface area contributed by atoms with Crippen LogP contribution in [0, 0.1) is 0 Å². The van der Waals surface area contributed by atoms with Gasteiger partial charge in [0.15, 0.2) is 0 Å². The molecule has 2 amide bonds. The van der Waals surface area contributed by atoms with Crippen molar-refractivity contribution in [2.24, 2.45) is 7.05 Å². The second kappa shape index (κ2) is 10.2. The molecule has 1 saturated heterocycles. The van der Waals surface area contributed by atoms with Gasteiger partial charge in [0.05, 0.1) is 22.9 Å². The van der Waals surface area contributed by atoms with Gasteiger partial charge in [-0.1, -0.05) is 42.5 Å². The smallest absolute Gasteiger partial charge is 0.405 e. The average Bonchev–Trinajstić information content (AvgIpc) is 3.28. The van der Waals surface area contributed by atoms with Crippen molar-refractivity contribution in [2.75, 3.05) is 13.1 Å². The van der Waals surface area contributed by atoms with Crippen LogP contribution in [-0.2, 0) is 7.05 Å². The Kier molecular flexibility index (Phi) is 6.79. The van der Waals surface area contributed by atoms with Crippen molar-refractivity contribution in [2.45, 2.75) is 24.7 Å². The Bertz CT molecular complexity index is 1470. The number of fused-ring (bicyclic) bond motifs is 1. The Morgan fingerprint density at radius 1 is 1.03 bits per heavy atom. The van der Waals surface area contributed by atoms with Crippen LogP contribution < -0.4 is 10.1 Å². The summed E-state index contributed by atoms with van der Waals surface area (Å²) in [6.07, 6.45) is -2.81. The first kappa shape index (κ1) is 25.3. The number of para-hydroxylation sites is 1. The number of hydrogen-bond donors (Lipinski definition) is 1. The average molecular weight is 523 g/mol. The molecule has 10 heteroatoms. The molecule has 0 aliphatic carbocycles.